The summed E-state index contributed by atoms with van der Waals surface area (Å²) in [6, 6.07) is 5.40. The lowest BCUT2D eigenvalue weighted by Gasteiger charge is -2.13. The molecular weight excluding hydrogens is 250 g/mol. The van der Waals surface area contributed by atoms with Crippen LogP contribution < -0.4 is 15.2 Å². The minimum atomic E-state index is 0.183. The van der Waals surface area contributed by atoms with E-state index in [1.165, 1.54) is 0 Å². The van der Waals surface area contributed by atoms with Crippen LogP contribution in [0.2, 0.25) is 0 Å². The molecule has 1 aromatic rings. The number of unbranched alkanes of at least 4 members (excludes halogenated alkanes) is 1. The first-order valence-electron chi connectivity index (χ1n) is 5.99. The van der Waals surface area contributed by atoms with Crippen molar-refractivity contribution in [3.63, 3.8) is 0 Å². The highest BCUT2D eigenvalue weighted by molar-refractivity contribution is 7.80. The van der Waals surface area contributed by atoms with Crippen molar-refractivity contribution in [1.29, 1.82) is 0 Å². The molecule has 0 aliphatic heterocycles. The van der Waals surface area contributed by atoms with Gasteiger partial charge in [-0.3, -0.25) is 0 Å². The Morgan fingerprint density at radius 2 is 2.06 bits per heavy atom. The van der Waals surface area contributed by atoms with E-state index in [4.69, 9.17) is 32.5 Å². The molecule has 5 heteroatoms. The summed E-state index contributed by atoms with van der Waals surface area (Å²) in [5.41, 5.74) is 6.34. The van der Waals surface area contributed by atoms with Gasteiger partial charge in [0.2, 0.25) is 0 Å². The molecule has 0 saturated heterocycles. The van der Waals surface area contributed by atoms with Gasteiger partial charge >= 0.3 is 0 Å². The number of nitrogens with two attached hydrogens (primary N) is 1. The standard InChI is InChI=1S/C13H19NO3S/c1-2-16-12-9-10(13(14)18)5-6-11(12)17-8-4-3-7-15/h5-6,9,15H,2-4,7-8H2,1H3,(H2,14,18). The van der Waals surface area contributed by atoms with Gasteiger partial charge in [0.15, 0.2) is 11.5 Å². The topological polar surface area (TPSA) is 64.7 Å². The Labute approximate surface area is 113 Å². The van der Waals surface area contributed by atoms with Crippen LogP contribution in [0.5, 0.6) is 11.5 Å². The molecule has 18 heavy (non-hydrogen) atoms. The van der Waals surface area contributed by atoms with Crippen LogP contribution >= 0.6 is 12.2 Å². The fourth-order valence-corrected chi connectivity index (χ4v) is 1.57. The van der Waals surface area contributed by atoms with Gasteiger partial charge in [-0.15, -0.1) is 0 Å². The quantitative estimate of drug-likeness (QED) is 0.557. The van der Waals surface area contributed by atoms with Crippen molar-refractivity contribution in [2.75, 3.05) is 19.8 Å². The lowest BCUT2D eigenvalue weighted by Crippen LogP contribution is -2.10. The van der Waals surface area contributed by atoms with Crippen LogP contribution in [-0.4, -0.2) is 29.9 Å². The Bertz CT molecular complexity index is 396. The predicted molar refractivity (Wildman–Crippen MR) is 75.3 cm³/mol. The first kappa shape index (κ1) is 14.7. The summed E-state index contributed by atoms with van der Waals surface area (Å²) in [5.74, 6) is 1.32. The van der Waals surface area contributed by atoms with Crippen molar-refractivity contribution in [3.05, 3.63) is 23.8 Å². The Morgan fingerprint density at radius 3 is 2.67 bits per heavy atom. The van der Waals surface area contributed by atoms with Crippen LogP contribution in [0.15, 0.2) is 18.2 Å². The Kier molecular flexibility index (Phi) is 6.46. The summed E-state index contributed by atoms with van der Waals surface area (Å²) in [6.07, 6.45) is 1.54. The Morgan fingerprint density at radius 1 is 1.28 bits per heavy atom. The molecule has 0 aliphatic rings. The van der Waals surface area contributed by atoms with E-state index in [-0.39, 0.29) is 6.61 Å². The van der Waals surface area contributed by atoms with Gasteiger partial charge in [0.05, 0.1) is 13.2 Å². The second kappa shape index (κ2) is 7.89. The largest absolute Gasteiger partial charge is 0.490 e. The molecular formula is C13H19NO3S. The van der Waals surface area contributed by atoms with Gasteiger partial charge in [-0.25, -0.2) is 0 Å². The van der Waals surface area contributed by atoms with E-state index in [9.17, 15) is 0 Å². The molecule has 0 atom stereocenters. The molecule has 0 bridgehead atoms. The maximum atomic E-state index is 8.69. The number of ether oxygens (including phenoxy) is 2. The zero-order valence-electron chi connectivity index (χ0n) is 10.5. The Hall–Kier alpha value is -1.33. The lowest BCUT2D eigenvalue weighted by atomic mass is 10.2. The van der Waals surface area contributed by atoms with Crippen LogP contribution in [0.4, 0.5) is 0 Å². The minimum absolute atomic E-state index is 0.183. The van der Waals surface area contributed by atoms with Crippen molar-refractivity contribution in [2.24, 2.45) is 5.73 Å². The van der Waals surface area contributed by atoms with Crippen molar-refractivity contribution in [1.82, 2.24) is 0 Å². The number of rotatable bonds is 8. The fraction of sp³-hybridized carbons (Fsp3) is 0.462. The monoisotopic (exact) mass is 269 g/mol. The van der Waals surface area contributed by atoms with E-state index in [1.807, 2.05) is 13.0 Å². The Balaban J connectivity index is 2.73. The molecule has 1 rings (SSSR count). The first-order chi connectivity index (χ1) is 8.69. The molecule has 0 radical (unpaired) electrons. The van der Waals surface area contributed by atoms with Crippen LogP contribution in [0, 0.1) is 0 Å². The van der Waals surface area contributed by atoms with Crippen molar-refractivity contribution < 1.29 is 14.6 Å². The average Bonchev–Trinajstić information content (AvgIpc) is 2.36. The van der Waals surface area contributed by atoms with Crippen molar-refractivity contribution in [2.45, 2.75) is 19.8 Å². The second-order valence-corrected chi connectivity index (χ2v) is 4.18. The molecule has 0 spiro atoms. The third-order valence-corrected chi connectivity index (χ3v) is 2.57. The number of hydrogen-bond donors (Lipinski definition) is 2. The third kappa shape index (κ3) is 4.50. The summed E-state index contributed by atoms with van der Waals surface area (Å²) in [6.45, 7) is 3.19. The van der Waals surface area contributed by atoms with Crippen molar-refractivity contribution in [3.8, 4) is 11.5 Å². The molecule has 0 aromatic heterocycles. The van der Waals surface area contributed by atoms with Gasteiger partial charge in [0.25, 0.3) is 0 Å². The van der Waals surface area contributed by atoms with Crippen LogP contribution in [0.3, 0.4) is 0 Å². The van der Waals surface area contributed by atoms with Crippen LogP contribution in [0.25, 0.3) is 0 Å². The smallest absolute Gasteiger partial charge is 0.161 e. The molecule has 0 unspecified atom stereocenters. The van der Waals surface area contributed by atoms with Crippen LogP contribution in [-0.2, 0) is 0 Å². The van der Waals surface area contributed by atoms with E-state index in [2.05, 4.69) is 0 Å². The summed E-state index contributed by atoms with van der Waals surface area (Å²) in [7, 11) is 0. The van der Waals surface area contributed by atoms with E-state index < -0.39 is 0 Å². The molecule has 3 N–H and O–H groups in total. The van der Waals surface area contributed by atoms with Gasteiger partial charge in [-0.05, 0) is 38.0 Å². The molecule has 0 heterocycles. The summed E-state index contributed by atoms with van der Waals surface area (Å²) < 4.78 is 11.1. The molecule has 0 saturated carbocycles. The molecule has 1 aromatic carbocycles. The van der Waals surface area contributed by atoms with Crippen LogP contribution in [0.1, 0.15) is 25.3 Å². The molecule has 0 aliphatic carbocycles. The molecule has 100 valence electrons. The van der Waals surface area contributed by atoms with E-state index >= 15 is 0 Å². The first-order valence-corrected chi connectivity index (χ1v) is 6.40. The van der Waals surface area contributed by atoms with E-state index in [0.29, 0.717) is 29.7 Å². The maximum Gasteiger partial charge on any atom is 0.161 e. The predicted octanol–water partition coefficient (Wildman–Crippen LogP) is 1.87. The molecule has 4 nitrogen and oxygen atoms in total. The van der Waals surface area contributed by atoms with E-state index in [0.717, 1.165) is 18.4 Å². The zero-order valence-corrected chi connectivity index (χ0v) is 11.3. The summed E-state index contributed by atoms with van der Waals surface area (Å²) >= 11 is 4.92. The van der Waals surface area contributed by atoms with E-state index in [1.54, 1.807) is 12.1 Å². The highest BCUT2D eigenvalue weighted by Crippen LogP contribution is 2.28. The van der Waals surface area contributed by atoms with Gasteiger partial charge in [0, 0.05) is 12.2 Å². The minimum Gasteiger partial charge on any atom is -0.490 e. The number of benzene rings is 1. The second-order valence-electron chi connectivity index (χ2n) is 3.74. The highest BCUT2D eigenvalue weighted by atomic mass is 32.1. The fourth-order valence-electron chi connectivity index (χ4n) is 1.44. The molecule has 0 amide bonds. The number of hydrogen-bond acceptors (Lipinski definition) is 4. The molecule has 0 fully saturated rings. The number of aliphatic hydroxyl groups is 1. The lowest BCUT2D eigenvalue weighted by molar-refractivity contribution is 0.243. The van der Waals surface area contributed by atoms with Gasteiger partial charge in [-0.2, -0.15) is 0 Å². The normalized spacial score (nSPS) is 10.1. The highest BCUT2D eigenvalue weighted by Gasteiger charge is 2.07. The van der Waals surface area contributed by atoms with Gasteiger partial charge in [-0.1, -0.05) is 12.2 Å². The average molecular weight is 269 g/mol. The van der Waals surface area contributed by atoms with Gasteiger partial charge < -0.3 is 20.3 Å². The number of thiocarbonyl (C=S) groups is 1. The summed E-state index contributed by atoms with van der Waals surface area (Å²) in [5, 5.41) is 8.69. The zero-order chi connectivity index (χ0) is 13.4. The van der Waals surface area contributed by atoms with Gasteiger partial charge in [0.1, 0.15) is 4.99 Å². The third-order valence-electron chi connectivity index (χ3n) is 2.34. The SMILES string of the molecule is CCOc1cc(C(N)=S)ccc1OCCCCO. The maximum absolute atomic E-state index is 8.69. The summed E-state index contributed by atoms with van der Waals surface area (Å²) in [4.78, 5) is 0.336. The van der Waals surface area contributed by atoms with Crippen molar-refractivity contribution >= 4 is 17.2 Å². The number of aliphatic hydroxyl groups excluding tert-OH is 1.